The fourth-order valence-corrected chi connectivity index (χ4v) is 3.77. The molecule has 0 bridgehead atoms. The molecule has 1 amide bonds. The van der Waals surface area contributed by atoms with Gasteiger partial charge in [-0.15, -0.1) is 0 Å². The van der Waals surface area contributed by atoms with Gasteiger partial charge in [0.15, 0.2) is 0 Å². The maximum absolute atomic E-state index is 12.6. The van der Waals surface area contributed by atoms with Gasteiger partial charge in [-0.2, -0.15) is 13.2 Å². The van der Waals surface area contributed by atoms with Gasteiger partial charge in [-0.25, -0.2) is 0 Å². The SMILES string of the molecule is CCC1CC(C(=O)NC2CCC(C(F)(F)F)CC2)CCN1C. The standard InChI is InChI=1S/C16H27F3N2O/c1-3-14-10-11(8-9-21(14)2)15(22)20-13-6-4-12(5-7-13)16(17,18)19/h11-14H,3-10H2,1-2H3,(H,20,22). The first-order valence-corrected chi connectivity index (χ1v) is 8.38. The van der Waals surface area contributed by atoms with E-state index in [4.69, 9.17) is 0 Å². The monoisotopic (exact) mass is 320 g/mol. The van der Waals surface area contributed by atoms with Gasteiger partial charge < -0.3 is 10.2 Å². The van der Waals surface area contributed by atoms with Gasteiger partial charge in [-0.05, 0) is 58.5 Å². The van der Waals surface area contributed by atoms with Gasteiger partial charge in [-0.3, -0.25) is 4.79 Å². The van der Waals surface area contributed by atoms with Crippen molar-refractivity contribution in [2.75, 3.05) is 13.6 Å². The van der Waals surface area contributed by atoms with Crippen molar-refractivity contribution in [2.45, 2.75) is 70.1 Å². The second kappa shape index (κ2) is 7.20. The molecule has 0 radical (unpaired) electrons. The minimum absolute atomic E-state index is 0.0153. The van der Waals surface area contributed by atoms with Crippen LogP contribution in [-0.4, -0.2) is 42.7 Å². The Bertz CT molecular complexity index is 378. The van der Waals surface area contributed by atoms with Gasteiger partial charge in [0.1, 0.15) is 0 Å². The van der Waals surface area contributed by atoms with Crippen LogP contribution in [-0.2, 0) is 4.79 Å². The van der Waals surface area contributed by atoms with E-state index in [2.05, 4.69) is 24.2 Å². The molecule has 1 aliphatic heterocycles. The fraction of sp³-hybridized carbons (Fsp3) is 0.938. The Hall–Kier alpha value is -0.780. The summed E-state index contributed by atoms with van der Waals surface area (Å²) in [5, 5.41) is 3.00. The van der Waals surface area contributed by atoms with E-state index in [0.29, 0.717) is 18.9 Å². The van der Waals surface area contributed by atoms with E-state index in [9.17, 15) is 18.0 Å². The van der Waals surface area contributed by atoms with Crippen molar-refractivity contribution in [3.8, 4) is 0 Å². The summed E-state index contributed by atoms with van der Waals surface area (Å²) in [6.45, 7) is 3.04. The third-order valence-corrected chi connectivity index (χ3v) is 5.39. The van der Waals surface area contributed by atoms with Crippen LogP contribution < -0.4 is 5.32 Å². The fourth-order valence-electron chi connectivity index (χ4n) is 3.77. The lowest BCUT2D eigenvalue weighted by Gasteiger charge is -2.37. The van der Waals surface area contributed by atoms with Crippen LogP contribution in [0.25, 0.3) is 0 Å². The number of nitrogens with zero attached hydrogens (tertiary/aromatic N) is 1. The molecule has 1 saturated heterocycles. The molecular weight excluding hydrogens is 293 g/mol. The van der Waals surface area contributed by atoms with Gasteiger partial charge in [0.25, 0.3) is 0 Å². The molecule has 1 N–H and O–H groups in total. The highest BCUT2D eigenvalue weighted by atomic mass is 19.4. The lowest BCUT2D eigenvalue weighted by atomic mass is 9.84. The number of hydrogen-bond donors (Lipinski definition) is 1. The van der Waals surface area contributed by atoms with Crippen LogP contribution in [0.15, 0.2) is 0 Å². The molecule has 1 heterocycles. The molecule has 1 saturated carbocycles. The summed E-state index contributed by atoms with van der Waals surface area (Å²) >= 11 is 0. The molecule has 0 aromatic heterocycles. The predicted molar refractivity (Wildman–Crippen MR) is 79.4 cm³/mol. The number of piperidine rings is 1. The van der Waals surface area contributed by atoms with Crippen molar-refractivity contribution >= 4 is 5.91 Å². The highest BCUT2D eigenvalue weighted by Gasteiger charge is 2.41. The van der Waals surface area contributed by atoms with Crippen LogP contribution in [0.5, 0.6) is 0 Å². The molecular formula is C16H27F3N2O. The second-order valence-corrected chi connectivity index (χ2v) is 6.86. The highest BCUT2D eigenvalue weighted by Crippen LogP contribution is 2.37. The van der Waals surface area contributed by atoms with Crippen molar-refractivity contribution in [3.05, 3.63) is 0 Å². The Kier molecular flexibility index (Phi) is 5.75. The number of carbonyl (C=O) groups is 1. The van der Waals surface area contributed by atoms with Crippen LogP contribution in [0.2, 0.25) is 0 Å². The number of halogens is 3. The molecule has 0 spiro atoms. The van der Waals surface area contributed by atoms with Crippen LogP contribution in [0.4, 0.5) is 13.2 Å². The summed E-state index contributed by atoms with van der Waals surface area (Å²) in [5.74, 6) is -1.13. The van der Waals surface area contributed by atoms with Gasteiger partial charge in [0, 0.05) is 18.0 Å². The predicted octanol–water partition coefficient (Wildman–Crippen LogP) is 3.34. The molecule has 2 atom stereocenters. The molecule has 2 aliphatic rings. The smallest absolute Gasteiger partial charge is 0.353 e. The quantitative estimate of drug-likeness (QED) is 0.865. The molecule has 2 fully saturated rings. The van der Waals surface area contributed by atoms with Crippen molar-refractivity contribution in [1.82, 2.24) is 10.2 Å². The number of likely N-dealkylation sites (tertiary alicyclic amines) is 1. The van der Waals surface area contributed by atoms with Crippen LogP contribution in [0.3, 0.4) is 0 Å². The molecule has 6 heteroatoms. The summed E-state index contributed by atoms with van der Waals surface area (Å²) in [7, 11) is 2.08. The lowest BCUT2D eigenvalue weighted by molar-refractivity contribution is -0.182. The lowest BCUT2D eigenvalue weighted by Crippen LogP contribution is -2.47. The summed E-state index contributed by atoms with van der Waals surface area (Å²) in [6, 6.07) is 0.358. The Balaban J connectivity index is 1.79. The Morgan fingerprint density at radius 3 is 2.36 bits per heavy atom. The summed E-state index contributed by atoms with van der Waals surface area (Å²) in [6.07, 6.45) is -0.194. The first-order valence-electron chi connectivity index (χ1n) is 8.38. The van der Waals surface area contributed by atoms with E-state index in [0.717, 1.165) is 25.8 Å². The maximum atomic E-state index is 12.6. The molecule has 128 valence electrons. The first-order chi connectivity index (χ1) is 10.3. The van der Waals surface area contributed by atoms with E-state index in [1.807, 2.05) is 0 Å². The largest absolute Gasteiger partial charge is 0.391 e. The first kappa shape index (κ1) is 17.6. The number of hydrogen-bond acceptors (Lipinski definition) is 2. The number of carbonyl (C=O) groups excluding carboxylic acids is 1. The summed E-state index contributed by atoms with van der Waals surface area (Å²) in [5.41, 5.74) is 0. The second-order valence-electron chi connectivity index (χ2n) is 6.86. The normalized spacial score (nSPS) is 34.4. The molecule has 2 rings (SSSR count). The Morgan fingerprint density at radius 2 is 1.82 bits per heavy atom. The summed E-state index contributed by atoms with van der Waals surface area (Å²) in [4.78, 5) is 14.7. The zero-order valence-electron chi connectivity index (χ0n) is 13.5. The minimum atomic E-state index is -4.09. The van der Waals surface area contributed by atoms with Crippen molar-refractivity contribution in [3.63, 3.8) is 0 Å². The average Bonchev–Trinajstić information content (AvgIpc) is 2.47. The average molecular weight is 320 g/mol. The molecule has 1 aliphatic carbocycles. The number of nitrogens with one attached hydrogen (secondary N) is 1. The van der Waals surface area contributed by atoms with Crippen LogP contribution >= 0.6 is 0 Å². The molecule has 0 aromatic carbocycles. The van der Waals surface area contributed by atoms with Crippen molar-refractivity contribution in [1.29, 1.82) is 0 Å². The van der Waals surface area contributed by atoms with E-state index in [1.165, 1.54) is 0 Å². The van der Waals surface area contributed by atoms with Gasteiger partial charge in [-0.1, -0.05) is 6.92 Å². The van der Waals surface area contributed by atoms with E-state index < -0.39 is 12.1 Å². The summed E-state index contributed by atoms with van der Waals surface area (Å²) < 4.78 is 37.9. The zero-order valence-corrected chi connectivity index (χ0v) is 13.5. The highest BCUT2D eigenvalue weighted by molar-refractivity contribution is 5.79. The topological polar surface area (TPSA) is 32.3 Å². The molecule has 2 unspecified atom stereocenters. The van der Waals surface area contributed by atoms with Gasteiger partial charge >= 0.3 is 6.18 Å². The number of alkyl halides is 3. The number of rotatable bonds is 3. The van der Waals surface area contributed by atoms with Crippen molar-refractivity contribution in [2.24, 2.45) is 11.8 Å². The third-order valence-electron chi connectivity index (χ3n) is 5.39. The van der Waals surface area contributed by atoms with Crippen molar-refractivity contribution < 1.29 is 18.0 Å². The van der Waals surface area contributed by atoms with Crippen LogP contribution in [0.1, 0.15) is 51.9 Å². The molecule has 22 heavy (non-hydrogen) atoms. The van der Waals surface area contributed by atoms with Gasteiger partial charge in [0.2, 0.25) is 5.91 Å². The van der Waals surface area contributed by atoms with E-state index in [1.54, 1.807) is 0 Å². The molecule has 3 nitrogen and oxygen atoms in total. The Labute approximate surface area is 130 Å². The third kappa shape index (κ3) is 4.37. The van der Waals surface area contributed by atoms with Gasteiger partial charge in [0.05, 0.1) is 5.92 Å². The van der Waals surface area contributed by atoms with E-state index >= 15 is 0 Å². The van der Waals surface area contributed by atoms with Crippen LogP contribution in [0, 0.1) is 11.8 Å². The number of amides is 1. The van der Waals surface area contributed by atoms with E-state index in [-0.39, 0.29) is 30.7 Å². The zero-order chi connectivity index (χ0) is 16.3. The maximum Gasteiger partial charge on any atom is 0.391 e. The molecule has 0 aromatic rings. The Morgan fingerprint density at radius 1 is 1.18 bits per heavy atom. The minimum Gasteiger partial charge on any atom is -0.353 e.